The highest BCUT2D eigenvalue weighted by molar-refractivity contribution is 6.33. The highest BCUT2D eigenvalue weighted by Gasteiger charge is 2.28. The number of fused-ring (bicyclic) bond motifs is 1. The molecular weight excluding hydrogens is 350 g/mol. The van der Waals surface area contributed by atoms with Gasteiger partial charge in [-0.1, -0.05) is 23.7 Å². The zero-order chi connectivity index (χ0) is 18.1. The number of aryl methyl sites for hydroxylation is 1. The van der Waals surface area contributed by atoms with Crippen molar-refractivity contribution in [2.45, 2.75) is 25.3 Å². The van der Waals surface area contributed by atoms with Gasteiger partial charge in [-0.15, -0.1) is 0 Å². The number of amides is 2. The van der Waals surface area contributed by atoms with Crippen LogP contribution in [0.2, 0.25) is 5.02 Å². The second kappa shape index (κ2) is 7.19. The number of anilines is 1. The molecule has 4 rings (SSSR count). The number of hydrogen-bond donors (Lipinski definition) is 1. The number of benzene rings is 1. The summed E-state index contributed by atoms with van der Waals surface area (Å²) in [5.74, 6) is 0. The van der Waals surface area contributed by atoms with Crippen molar-refractivity contribution in [3.63, 3.8) is 0 Å². The highest BCUT2D eigenvalue weighted by atomic mass is 35.5. The molecule has 2 heterocycles. The summed E-state index contributed by atoms with van der Waals surface area (Å²) >= 11 is 6.29. The average Bonchev–Trinajstić information content (AvgIpc) is 3.04. The SMILES string of the molecule is Cn1ncc2c1CCCC2NC(=O)N1CCN(c2ccccc2Cl)CC1. The van der Waals surface area contributed by atoms with Crippen LogP contribution in [0.4, 0.5) is 10.5 Å². The molecule has 0 radical (unpaired) electrons. The third-order valence-electron chi connectivity index (χ3n) is 5.43. The van der Waals surface area contributed by atoms with E-state index in [0.717, 1.165) is 43.1 Å². The number of nitrogens with one attached hydrogen (secondary N) is 1. The fourth-order valence-corrected chi connectivity index (χ4v) is 4.21. The van der Waals surface area contributed by atoms with Crippen molar-refractivity contribution in [1.29, 1.82) is 0 Å². The Hall–Kier alpha value is -2.21. The average molecular weight is 374 g/mol. The lowest BCUT2D eigenvalue weighted by Crippen LogP contribution is -2.52. The largest absolute Gasteiger partial charge is 0.367 e. The molecule has 1 fully saturated rings. The molecule has 0 saturated carbocycles. The van der Waals surface area contributed by atoms with Crippen LogP contribution in [0.1, 0.15) is 30.1 Å². The maximum Gasteiger partial charge on any atom is 0.318 e. The van der Waals surface area contributed by atoms with Crippen molar-refractivity contribution < 1.29 is 4.79 Å². The number of hydrogen-bond acceptors (Lipinski definition) is 3. The fraction of sp³-hybridized carbons (Fsp3) is 0.474. The van der Waals surface area contributed by atoms with E-state index in [4.69, 9.17) is 11.6 Å². The molecule has 1 aliphatic heterocycles. The van der Waals surface area contributed by atoms with Crippen LogP contribution in [-0.4, -0.2) is 46.9 Å². The number of piperazine rings is 1. The van der Waals surface area contributed by atoms with Gasteiger partial charge in [-0.25, -0.2) is 4.79 Å². The molecule has 26 heavy (non-hydrogen) atoms. The topological polar surface area (TPSA) is 53.4 Å². The van der Waals surface area contributed by atoms with Crippen LogP contribution in [0.25, 0.3) is 0 Å². The van der Waals surface area contributed by atoms with Gasteiger partial charge in [0.1, 0.15) is 0 Å². The first-order valence-electron chi connectivity index (χ1n) is 9.19. The quantitative estimate of drug-likeness (QED) is 0.880. The Morgan fingerprint density at radius 1 is 1.23 bits per heavy atom. The van der Waals surface area contributed by atoms with Gasteiger partial charge in [-0.2, -0.15) is 5.10 Å². The summed E-state index contributed by atoms with van der Waals surface area (Å²) in [6, 6.07) is 7.96. The Labute approximate surface area is 158 Å². The van der Waals surface area contributed by atoms with Crippen LogP contribution in [0.3, 0.4) is 0 Å². The molecule has 2 aliphatic rings. The smallest absolute Gasteiger partial charge is 0.318 e. The zero-order valence-electron chi connectivity index (χ0n) is 15.0. The molecule has 1 unspecified atom stereocenters. The van der Waals surface area contributed by atoms with Crippen molar-refractivity contribution in [1.82, 2.24) is 20.0 Å². The van der Waals surface area contributed by atoms with E-state index < -0.39 is 0 Å². The van der Waals surface area contributed by atoms with Crippen LogP contribution in [0.5, 0.6) is 0 Å². The molecule has 0 spiro atoms. The van der Waals surface area contributed by atoms with E-state index in [9.17, 15) is 4.79 Å². The second-order valence-corrected chi connectivity index (χ2v) is 7.40. The summed E-state index contributed by atoms with van der Waals surface area (Å²) in [5.41, 5.74) is 3.45. The fourth-order valence-electron chi connectivity index (χ4n) is 3.96. The number of para-hydroxylation sites is 1. The minimum Gasteiger partial charge on any atom is -0.367 e. The molecule has 1 aromatic heterocycles. The van der Waals surface area contributed by atoms with Crippen LogP contribution in [0.15, 0.2) is 30.5 Å². The molecule has 1 atom stereocenters. The van der Waals surface area contributed by atoms with Gasteiger partial charge >= 0.3 is 6.03 Å². The number of aromatic nitrogens is 2. The summed E-state index contributed by atoms with van der Waals surface area (Å²) in [6.07, 6.45) is 4.99. The maximum absolute atomic E-state index is 12.7. The van der Waals surface area contributed by atoms with Gasteiger partial charge in [0, 0.05) is 44.5 Å². The Morgan fingerprint density at radius 2 is 2.00 bits per heavy atom. The lowest BCUT2D eigenvalue weighted by atomic mass is 9.93. The summed E-state index contributed by atoms with van der Waals surface area (Å²) < 4.78 is 1.93. The van der Waals surface area contributed by atoms with E-state index in [-0.39, 0.29) is 12.1 Å². The highest BCUT2D eigenvalue weighted by Crippen LogP contribution is 2.30. The Kier molecular flexibility index (Phi) is 4.76. The summed E-state index contributed by atoms with van der Waals surface area (Å²) in [4.78, 5) is 16.9. The van der Waals surface area contributed by atoms with Gasteiger partial charge < -0.3 is 15.1 Å². The predicted octanol–water partition coefficient (Wildman–Crippen LogP) is 2.98. The Balaban J connectivity index is 1.37. The third-order valence-corrected chi connectivity index (χ3v) is 5.75. The first-order valence-corrected chi connectivity index (χ1v) is 9.57. The molecule has 2 amide bonds. The van der Waals surface area contributed by atoms with Gasteiger partial charge in [-0.3, -0.25) is 4.68 Å². The number of carbonyl (C=O) groups is 1. The van der Waals surface area contributed by atoms with E-state index in [0.29, 0.717) is 13.1 Å². The lowest BCUT2D eigenvalue weighted by molar-refractivity contribution is 0.189. The minimum atomic E-state index is 0.0190. The summed E-state index contributed by atoms with van der Waals surface area (Å²) in [5, 5.41) is 8.33. The molecular formula is C19H24ClN5O. The third kappa shape index (κ3) is 3.26. The maximum atomic E-state index is 12.7. The first-order chi connectivity index (χ1) is 12.6. The van der Waals surface area contributed by atoms with Gasteiger partial charge in [0.2, 0.25) is 0 Å². The molecule has 6 nitrogen and oxygen atoms in total. The Bertz CT molecular complexity index is 797. The monoisotopic (exact) mass is 373 g/mol. The molecule has 138 valence electrons. The van der Waals surface area contributed by atoms with E-state index in [1.807, 2.05) is 47.1 Å². The summed E-state index contributed by atoms with van der Waals surface area (Å²) in [7, 11) is 1.97. The van der Waals surface area contributed by atoms with Crippen LogP contribution >= 0.6 is 11.6 Å². The van der Waals surface area contributed by atoms with E-state index >= 15 is 0 Å². The van der Waals surface area contributed by atoms with Gasteiger partial charge in [0.05, 0.1) is 22.9 Å². The van der Waals surface area contributed by atoms with E-state index in [1.165, 1.54) is 11.3 Å². The molecule has 1 aromatic carbocycles. The predicted molar refractivity (Wildman–Crippen MR) is 103 cm³/mol. The minimum absolute atomic E-state index is 0.0190. The van der Waals surface area contributed by atoms with E-state index in [1.54, 1.807) is 0 Å². The number of urea groups is 1. The van der Waals surface area contributed by atoms with Gasteiger partial charge in [0.25, 0.3) is 0 Å². The van der Waals surface area contributed by atoms with Crippen LogP contribution in [0, 0.1) is 0 Å². The van der Waals surface area contributed by atoms with Crippen molar-refractivity contribution in [2.24, 2.45) is 7.05 Å². The van der Waals surface area contributed by atoms with Gasteiger partial charge in [0.15, 0.2) is 0 Å². The zero-order valence-corrected chi connectivity index (χ0v) is 15.7. The molecule has 0 bridgehead atoms. The van der Waals surface area contributed by atoms with Crippen molar-refractivity contribution in [2.75, 3.05) is 31.1 Å². The lowest BCUT2D eigenvalue weighted by Gasteiger charge is -2.37. The second-order valence-electron chi connectivity index (χ2n) is 6.99. The van der Waals surface area contributed by atoms with Gasteiger partial charge in [-0.05, 0) is 31.4 Å². The summed E-state index contributed by atoms with van der Waals surface area (Å²) in [6.45, 7) is 2.98. The normalized spacial score (nSPS) is 20.0. The van der Waals surface area contributed by atoms with E-state index in [2.05, 4.69) is 15.3 Å². The molecule has 1 saturated heterocycles. The Morgan fingerprint density at radius 3 is 2.77 bits per heavy atom. The molecule has 7 heteroatoms. The molecule has 1 N–H and O–H groups in total. The molecule has 1 aliphatic carbocycles. The van der Waals surface area contributed by atoms with Crippen LogP contribution < -0.4 is 10.2 Å². The standard InChI is InChI=1S/C19H24ClN5O/c1-23-17-8-4-6-16(14(17)13-21-23)22-19(26)25-11-9-24(10-12-25)18-7-3-2-5-15(18)20/h2-3,5,7,13,16H,4,6,8-12H2,1H3,(H,22,26). The van der Waals surface area contributed by atoms with Crippen molar-refractivity contribution in [3.05, 3.63) is 46.7 Å². The van der Waals surface area contributed by atoms with Crippen molar-refractivity contribution in [3.8, 4) is 0 Å². The number of halogens is 1. The number of carbonyl (C=O) groups excluding carboxylic acids is 1. The number of rotatable bonds is 2. The first kappa shape index (κ1) is 17.2. The van der Waals surface area contributed by atoms with Crippen molar-refractivity contribution >= 4 is 23.3 Å². The van der Waals surface area contributed by atoms with Crippen LogP contribution in [-0.2, 0) is 13.5 Å². The number of nitrogens with zero attached hydrogens (tertiary/aromatic N) is 4. The molecule has 2 aromatic rings.